The Hall–Kier alpha value is -1.68. The topological polar surface area (TPSA) is 56.7 Å². The molecule has 0 unspecified atom stereocenters. The predicted molar refractivity (Wildman–Crippen MR) is 72.8 cm³/mol. The highest BCUT2D eigenvalue weighted by atomic mass is 15.3. The van der Waals surface area contributed by atoms with Crippen molar-refractivity contribution < 1.29 is 0 Å². The van der Waals surface area contributed by atoms with Gasteiger partial charge in [0, 0.05) is 17.9 Å². The van der Waals surface area contributed by atoms with E-state index in [4.69, 9.17) is 5.73 Å². The first kappa shape index (κ1) is 12.8. The molecule has 2 N–H and O–H groups in total. The van der Waals surface area contributed by atoms with Crippen LogP contribution in [-0.2, 0) is 6.42 Å². The van der Waals surface area contributed by atoms with Crippen LogP contribution in [0.1, 0.15) is 42.4 Å². The second-order valence-corrected chi connectivity index (χ2v) is 4.65. The molecule has 0 amide bonds. The monoisotopic (exact) mass is 244 g/mol. The molecule has 0 bridgehead atoms. The lowest BCUT2D eigenvalue weighted by Gasteiger charge is -2.07. The quantitative estimate of drug-likeness (QED) is 0.902. The van der Waals surface area contributed by atoms with Gasteiger partial charge in [-0.25, -0.2) is 9.67 Å². The maximum atomic E-state index is 5.82. The Morgan fingerprint density at radius 3 is 2.50 bits per heavy atom. The minimum absolute atomic E-state index is 0.0122. The molecule has 96 valence electrons. The summed E-state index contributed by atoms with van der Waals surface area (Å²) in [6, 6.07) is 3.99. The Morgan fingerprint density at radius 2 is 2.06 bits per heavy atom. The van der Waals surface area contributed by atoms with Crippen molar-refractivity contribution in [2.24, 2.45) is 5.73 Å². The van der Waals surface area contributed by atoms with E-state index >= 15 is 0 Å². The lowest BCUT2D eigenvalue weighted by atomic mass is 10.1. The highest BCUT2D eigenvalue weighted by Crippen LogP contribution is 2.18. The lowest BCUT2D eigenvalue weighted by Crippen LogP contribution is -2.07. The molecule has 0 aliphatic carbocycles. The SMILES string of the molecule is CCc1c(C)nn(-c2ccc([C@H](C)N)cn2)c1C. The summed E-state index contributed by atoms with van der Waals surface area (Å²) in [6.07, 6.45) is 2.82. The van der Waals surface area contributed by atoms with Crippen LogP contribution in [0, 0.1) is 13.8 Å². The average Bonchev–Trinajstić information content (AvgIpc) is 2.64. The first-order valence-electron chi connectivity index (χ1n) is 6.31. The normalized spacial score (nSPS) is 12.7. The summed E-state index contributed by atoms with van der Waals surface area (Å²) in [5.74, 6) is 0.847. The molecule has 0 saturated heterocycles. The summed E-state index contributed by atoms with van der Waals surface area (Å²) in [5.41, 5.74) is 10.4. The molecule has 0 radical (unpaired) electrons. The van der Waals surface area contributed by atoms with Crippen molar-refractivity contribution in [3.63, 3.8) is 0 Å². The van der Waals surface area contributed by atoms with Crippen LogP contribution in [0.3, 0.4) is 0 Å². The van der Waals surface area contributed by atoms with Gasteiger partial charge in [0.2, 0.25) is 0 Å². The third kappa shape index (κ3) is 2.16. The molecular formula is C14H20N4. The second kappa shape index (κ2) is 4.90. The zero-order valence-electron chi connectivity index (χ0n) is 11.4. The molecule has 18 heavy (non-hydrogen) atoms. The fraction of sp³-hybridized carbons (Fsp3) is 0.429. The zero-order valence-corrected chi connectivity index (χ0v) is 11.4. The third-order valence-corrected chi connectivity index (χ3v) is 3.31. The van der Waals surface area contributed by atoms with Gasteiger partial charge >= 0.3 is 0 Å². The molecule has 4 heteroatoms. The number of aryl methyl sites for hydroxylation is 1. The minimum Gasteiger partial charge on any atom is -0.324 e. The molecule has 0 fully saturated rings. The van der Waals surface area contributed by atoms with Crippen molar-refractivity contribution in [2.45, 2.75) is 40.2 Å². The van der Waals surface area contributed by atoms with E-state index in [2.05, 4.69) is 23.9 Å². The molecule has 0 aromatic carbocycles. The first-order chi connectivity index (χ1) is 8.54. The van der Waals surface area contributed by atoms with Crippen molar-refractivity contribution in [3.8, 4) is 5.82 Å². The maximum absolute atomic E-state index is 5.82. The van der Waals surface area contributed by atoms with E-state index in [0.29, 0.717) is 0 Å². The van der Waals surface area contributed by atoms with E-state index in [9.17, 15) is 0 Å². The highest BCUT2D eigenvalue weighted by molar-refractivity contribution is 5.33. The molecule has 2 aromatic rings. The second-order valence-electron chi connectivity index (χ2n) is 4.65. The van der Waals surface area contributed by atoms with Gasteiger partial charge in [-0.05, 0) is 44.4 Å². The van der Waals surface area contributed by atoms with Crippen molar-refractivity contribution >= 4 is 0 Å². The number of hydrogen-bond acceptors (Lipinski definition) is 3. The first-order valence-corrected chi connectivity index (χ1v) is 6.31. The van der Waals surface area contributed by atoms with Crippen LogP contribution in [0.5, 0.6) is 0 Å². The van der Waals surface area contributed by atoms with Gasteiger partial charge in [0.15, 0.2) is 5.82 Å². The third-order valence-electron chi connectivity index (χ3n) is 3.31. The fourth-order valence-electron chi connectivity index (χ4n) is 2.20. The molecule has 2 rings (SSSR count). The summed E-state index contributed by atoms with van der Waals surface area (Å²) in [4.78, 5) is 4.44. The number of pyridine rings is 1. The van der Waals surface area contributed by atoms with Crippen molar-refractivity contribution in [1.82, 2.24) is 14.8 Å². The number of aromatic nitrogens is 3. The van der Waals surface area contributed by atoms with Gasteiger partial charge in [-0.3, -0.25) is 0 Å². The summed E-state index contributed by atoms with van der Waals surface area (Å²) < 4.78 is 1.90. The number of nitrogens with two attached hydrogens (primary N) is 1. The van der Waals surface area contributed by atoms with Crippen LogP contribution in [0.15, 0.2) is 18.3 Å². The summed E-state index contributed by atoms with van der Waals surface area (Å²) in [7, 11) is 0. The highest BCUT2D eigenvalue weighted by Gasteiger charge is 2.12. The predicted octanol–water partition coefficient (Wildman–Crippen LogP) is 2.47. The number of nitrogens with zero attached hydrogens (tertiary/aromatic N) is 3. The Labute approximate surface area is 108 Å². The molecule has 1 atom stereocenters. The molecule has 0 saturated carbocycles. The Balaban J connectivity index is 2.43. The lowest BCUT2D eigenvalue weighted by molar-refractivity contribution is 0.782. The van der Waals surface area contributed by atoms with Crippen molar-refractivity contribution in [2.75, 3.05) is 0 Å². The largest absolute Gasteiger partial charge is 0.324 e. The van der Waals surface area contributed by atoms with Gasteiger partial charge in [0.05, 0.1) is 5.69 Å². The van der Waals surface area contributed by atoms with Gasteiger partial charge in [0.1, 0.15) is 0 Å². The molecule has 0 aliphatic heterocycles. The summed E-state index contributed by atoms with van der Waals surface area (Å²) in [6.45, 7) is 8.22. The van der Waals surface area contributed by atoms with Crippen molar-refractivity contribution in [1.29, 1.82) is 0 Å². The molecule has 4 nitrogen and oxygen atoms in total. The van der Waals surface area contributed by atoms with E-state index in [-0.39, 0.29) is 6.04 Å². The molecule has 2 aromatic heterocycles. The maximum Gasteiger partial charge on any atom is 0.153 e. The smallest absolute Gasteiger partial charge is 0.153 e. The molecule has 0 spiro atoms. The number of rotatable bonds is 3. The molecular weight excluding hydrogens is 224 g/mol. The standard InChI is InChI=1S/C14H20N4/c1-5-13-10(3)17-18(11(13)4)14-7-6-12(8-16-14)9(2)15/h6-9H,5,15H2,1-4H3/t9-/m0/s1. The van der Waals surface area contributed by atoms with Gasteiger partial charge in [-0.15, -0.1) is 0 Å². The van der Waals surface area contributed by atoms with Crippen LogP contribution in [0.4, 0.5) is 0 Å². The van der Waals surface area contributed by atoms with Gasteiger partial charge in [-0.2, -0.15) is 5.10 Å². The van der Waals surface area contributed by atoms with Crippen LogP contribution in [0.2, 0.25) is 0 Å². The van der Waals surface area contributed by atoms with Crippen molar-refractivity contribution in [3.05, 3.63) is 40.8 Å². The fourth-order valence-corrected chi connectivity index (χ4v) is 2.20. The van der Waals surface area contributed by atoms with Gasteiger partial charge < -0.3 is 5.73 Å². The van der Waals surface area contributed by atoms with Crippen LogP contribution >= 0.6 is 0 Å². The average molecular weight is 244 g/mol. The van der Waals surface area contributed by atoms with Crippen LogP contribution in [-0.4, -0.2) is 14.8 Å². The van der Waals surface area contributed by atoms with Crippen LogP contribution < -0.4 is 5.73 Å². The van der Waals surface area contributed by atoms with E-state index in [1.54, 1.807) is 0 Å². The van der Waals surface area contributed by atoms with E-state index in [1.165, 1.54) is 5.56 Å². The van der Waals surface area contributed by atoms with E-state index in [0.717, 1.165) is 29.2 Å². The van der Waals surface area contributed by atoms with Crippen LogP contribution in [0.25, 0.3) is 5.82 Å². The summed E-state index contributed by atoms with van der Waals surface area (Å²) >= 11 is 0. The van der Waals surface area contributed by atoms with E-state index < -0.39 is 0 Å². The van der Waals surface area contributed by atoms with Gasteiger partial charge in [0.25, 0.3) is 0 Å². The minimum atomic E-state index is 0.0122. The molecule has 0 aliphatic rings. The summed E-state index contributed by atoms with van der Waals surface area (Å²) in [5, 5.41) is 4.55. The Morgan fingerprint density at radius 1 is 1.33 bits per heavy atom. The Bertz CT molecular complexity index is 538. The Kier molecular flexibility index (Phi) is 3.48. The molecule has 2 heterocycles. The van der Waals surface area contributed by atoms with Gasteiger partial charge in [-0.1, -0.05) is 13.0 Å². The number of hydrogen-bond donors (Lipinski definition) is 1. The van der Waals surface area contributed by atoms with E-state index in [1.807, 2.05) is 36.9 Å². The zero-order chi connectivity index (χ0) is 13.3.